The fourth-order valence-electron chi connectivity index (χ4n) is 1.69. The molecule has 21 heavy (non-hydrogen) atoms. The Bertz CT molecular complexity index is 468. The normalized spacial score (nSPS) is 10.1. The zero-order valence-corrected chi connectivity index (χ0v) is 12.0. The average molecular weight is 291 g/mol. The van der Waals surface area contributed by atoms with Gasteiger partial charge in [0, 0.05) is 13.0 Å². The number of carbonyl (C=O) groups is 2. The standard InChI is InChI=1S/C16H21NO4/c1-2-3-11-21-12-10-17-15(18)9-6-13-4-7-14(8-5-13)16(19)20/h2,4-5,7-8H,1,3,6,9-12H2,(H,17,18)(H,19,20). The van der Waals surface area contributed by atoms with Gasteiger partial charge in [0.25, 0.3) is 0 Å². The number of aryl methyl sites for hydroxylation is 1. The molecule has 0 aliphatic rings. The number of rotatable bonds is 10. The second-order valence-corrected chi connectivity index (χ2v) is 4.54. The molecule has 2 N–H and O–H groups in total. The summed E-state index contributed by atoms with van der Waals surface area (Å²) >= 11 is 0. The van der Waals surface area contributed by atoms with Crippen molar-refractivity contribution < 1.29 is 19.4 Å². The molecule has 1 amide bonds. The SMILES string of the molecule is C=CCCOCCNC(=O)CCc1ccc(C(=O)O)cc1. The van der Waals surface area contributed by atoms with Gasteiger partial charge in [0.1, 0.15) is 0 Å². The highest BCUT2D eigenvalue weighted by Gasteiger charge is 2.04. The number of nitrogens with one attached hydrogen (secondary N) is 1. The molecule has 114 valence electrons. The summed E-state index contributed by atoms with van der Waals surface area (Å²) in [5.41, 5.74) is 1.19. The summed E-state index contributed by atoms with van der Waals surface area (Å²) in [6.07, 6.45) is 3.55. The minimum Gasteiger partial charge on any atom is -0.478 e. The molecule has 0 fully saturated rings. The van der Waals surface area contributed by atoms with Crippen LogP contribution >= 0.6 is 0 Å². The molecule has 1 aromatic rings. The first-order valence-electron chi connectivity index (χ1n) is 6.91. The number of carboxylic acids is 1. The van der Waals surface area contributed by atoms with Crippen LogP contribution in [0, 0.1) is 0 Å². The molecule has 5 nitrogen and oxygen atoms in total. The minimum atomic E-state index is -0.948. The van der Waals surface area contributed by atoms with E-state index in [0.29, 0.717) is 32.6 Å². The maximum absolute atomic E-state index is 11.6. The Kier molecular flexibility index (Phi) is 7.82. The maximum atomic E-state index is 11.6. The molecule has 0 aliphatic carbocycles. The summed E-state index contributed by atoms with van der Waals surface area (Å²) in [5, 5.41) is 11.6. The van der Waals surface area contributed by atoms with Crippen LogP contribution < -0.4 is 5.32 Å². The number of amides is 1. The summed E-state index contributed by atoms with van der Waals surface area (Å²) in [6, 6.07) is 6.55. The molecule has 0 atom stereocenters. The van der Waals surface area contributed by atoms with Crippen LogP contribution in [-0.2, 0) is 16.0 Å². The van der Waals surface area contributed by atoms with E-state index in [1.165, 1.54) is 0 Å². The second kappa shape index (κ2) is 9.72. The van der Waals surface area contributed by atoms with Crippen LogP contribution in [0.1, 0.15) is 28.8 Å². The zero-order valence-electron chi connectivity index (χ0n) is 12.0. The topological polar surface area (TPSA) is 75.6 Å². The predicted molar refractivity (Wildman–Crippen MR) is 80.4 cm³/mol. The Morgan fingerprint density at radius 1 is 1.24 bits per heavy atom. The molecular formula is C16H21NO4. The third-order valence-electron chi connectivity index (χ3n) is 2.88. The van der Waals surface area contributed by atoms with Crippen LogP contribution in [-0.4, -0.2) is 36.7 Å². The average Bonchev–Trinajstić information content (AvgIpc) is 2.49. The van der Waals surface area contributed by atoms with Crippen LogP contribution in [0.5, 0.6) is 0 Å². The van der Waals surface area contributed by atoms with Gasteiger partial charge in [-0.1, -0.05) is 18.2 Å². The van der Waals surface area contributed by atoms with Crippen LogP contribution in [0.2, 0.25) is 0 Å². The highest BCUT2D eigenvalue weighted by atomic mass is 16.5. The molecule has 0 bridgehead atoms. The van der Waals surface area contributed by atoms with Gasteiger partial charge >= 0.3 is 5.97 Å². The third kappa shape index (κ3) is 7.27. The van der Waals surface area contributed by atoms with Crippen molar-refractivity contribution in [1.82, 2.24) is 5.32 Å². The lowest BCUT2D eigenvalue weighted by Gasteiger charge is -2.06. The first kappa shape index (κ1) is 16.9. The highest BCUT2D eigenvalue weighted by Crippen LogP contribution is 2.06. The summed E-state index contributed by atoms with van der Waals surface area (Å²) < 4.78 is 5.28. The lowest BCUT2D eigenvalue weighted by Crippen LogP contribution is -2.27. The molecule has 0 saturated heterocycles. The number of hydrogen-bond donors (Lipinski definition) is 2. The summed E-state index contributed by atoms with van der Waals surface area (Å²) in [4.78, 5) is 22.3. The largest absolute Gasteiger partial charge is 0.478 e. The van der Waals surface area contributed by atoms with Crippen molar-refractivity contribution in [3.05, 3.63) is 48.0 Å². The second-order valence-electron chi connectivity index (χ2n) is 4.54. The number of aromatic carboxylic acids is 1. The van der Waals surface area contributed by atoms with Gasteiger partial charge in [-0.25, -0.2) is 4.79 Å². The van der Waals surface area contributed by atoms with E-state index in [2.05, 4.69) is 11.9 Å². The summed E-state index contributed by atoms with van der Waals surface area (Å²) in [5.74, 6) is -0.986. The molecule has 0 spiro atoms. The molecule has 0 saturated carbocycles. The third-order valence-corrected chi connectivity index (χ3v) is 2.88. The summed E-state index contributed by atoms with van der Waals surface area (Å²) in [6.45, 7) is 5.20. The van der Waals surface area contributed by atoms with Gasteiger partial charge in [0.2, 0.25) is 5.91 Å². The molecule has 0 radical (unpaired) electrons. The Morgan fingerprint density at radius 3 is 2.57 bits per heavy atom. The molecule has 0 aromatic heterocycles. The van der Waals surface area contributed by atoms with Gasteiger partial charge in [-0.2, -0.15) is 0 Å². The Labute approximate surface area is 124 Å². The molecule has 1 rings (SSSR count). The summed E-state index contributed by atoms with van der Waals surface area (Å²) in [7, 11) is 0. The van der Waals surface area contributed by atoms with Gasteiger partial charge in [-0.15, -0.1) is 6.58 Å². The van der Waals surface area contributed by atoms with E-state index in [1.54, 1.807) is 30.3 Å². The fraction of sp³-hybridized carbons (Fsp3) is 0.375. The van der Waals surface area contributed by atoms with E-state index in [4.69, 9.17) is 9.84 Å². The van der Waals surface area contributed by atoms with Crippen molar-refractivity contribution >= 4 is 11.9 Å². The van der Waals surface area contributed by atoms with E-state index in [9.17, 15) is 9.59 Å². The Balaban J connectivity index is 2.17. The number of carboxylic acid groups (broad SMARTS) is 1. The van der Waals surface area contributed by atoms with Crippen molar-refractivity contribution in [3.8, 4) is 0 Å². The highest BCUT2D eigenvalue weighted by molar-refractivity contribution is 5.87. The van der Waals surface area contributed by atoms with Crippen molar-refractivity contribution in [1.29, 1.82) is 0 Å². The number of carbonyl (C=O) groups excluding carboxylic acids is 1. The maximum Gasteiger partial charge on any atom is 0.335 e. The molecular weight excluding hydrogens is 270 g/mol. The van der Waals surface area contributed by atoms with E-state index in [0.717, 1.165) is 12.0 Å². The van der Waals surface area contributed by atoms with Crippen molar-refractivity contribution in [2.75, 3.05) is 19.8 Å². The minimum absolute atomic E-state index is 0.0374. The van der Waals surface area contributed by atoms with Gasteiger partial charge in [0.05, 0.1) is 18.8 Å². The molecule has 0 unspecified atom stereocenters. The molecule has 1 aromatic carbocycles. The lowest BCUT2D eigenvalue weighted by atomic mass is 10.1. The number of hydrogen-bond acceptors (Lipinski definition) is 3. The van der Waals surface area contributed by atoms with Gasteiger partial charge in [0.15, 0.2) is 0 Å². The Morgan fingerprint density at radius 2 is 1.95 bits per heavy atom. The number of ether oxygens (including phenoxy) is 1. The molecule has 5 heteroatoms. The zero-order chi connectivity index (χ0) is 15.5. The van der Waals surface area contributed by atoms with Crippen LogP contribution in [0.4, 0.5) is 0 Å². The van der Waals surface area contributed by atoms with Crippen molar-refractivity contribution in [2.24, 2.45) is 0 Å². The van der Waals surface area contributed by atoms with Crippen LogP contribution in [0.25, 0.3) is 0 Å². The van der Waals surface area contributed by atoms with Gasteiger partial charge < -0.3 is 15.2 Å². The van der Waals surface area contributed by atoms with Gasteiger partial charge in [-0.05, 0) is 30.5 Å². The Hall–Kier alpha value is -2.14. The first-order chi connectivity index (χ1) is 10.1. The van der Waals surface area contributed by atoms with E-state index < -0.39 is 5.97 Å². The molecule has 0 aliphatic heterocycles. The van der Waals surface area contributed by atoms with Crippen molar-refractivity contribution in [2.45, 2.75) is 19.3 Å². The fourth-order valence-corrected chi connectivity index (χ4v) is 1.69. The molecule has 0 heterocycles. The lowest BCUT2D eigenvalue weighted by molar-refractivity contribution is -0.121. The van der Waals surface area contributed by atoms with Crippen LogP contribution in [0.15, 0.2) is 36.9 Å². The van der Waals surface area contributed by atoms with Crippen LogP contribution in [0.3, 0.4) is 0 Å². The number of benzene rings is 1. The van der Waals surface area contributed by atoms with E-state index in [1.807, 2.05) is 0 Å². The quantitative estimate of drug-likeness (QED) is 0.511. The van der Waals surface area contributed by atoms with E-state index >= 15 is 0 Å². The smallest absolute Gasteiger partial charge is 0.335 e. The van der Waals surface area contributed by atoms with Gasteiger partial charge in [-0.3, -0.25) is 4.79 Å². The van der Waals surface area contributed by atoms with E-state index in [-0.39, 0.29) is 11.5 Å². The monoisotopic (exact) mass is 291 g/mol. The first-order valence-corrected chi connectivity index (χ1v) is 6.91. The predicted octanol–water partition coefficient (Wildman–Crippen LogP) is 2.03. The van der Waals surface area contributed by atoms with Crippen molar-refractivity contribution in [3.63, 3.8) is 0 Å².